The van der Waals surface area contributed by atoms with E-state index in [1.54, 1.807) is 31.3 Å². The van der Waals surface area contributed by atoms with Crippen molar-refractivity contribution in [3.8, 4) is 11.4 Å². The first-order valence-electron chi connectivity index (χ1n) is 12.4. The van der Waals surface area contributed by atoms with Crippen molar-refractivity contribution in [2.45, 2.75) is 30.7 Å². The highest BCUT2D eigenvalue weighted by Crippen LogP contribution is 2.33. The van der Waals surface area contributed by atoms with Crippen molar-refractivity contribution in [3.05, 3.63) is 87.7 Å². The van der Waals surface area contributed by atoms with E-state index in [4.69, 9.17) is 4.98 Å². The number of sulfonamides is 1. The number of hydrogen-bond donors (Lipinski definition) is 2. The summed E-state index contributed by atoms with van der Waals surface area (Å²) in [6.07, 6.45) is 0. The lowest BCUT2D eigenvalue weighted by Gasteiger charge is -2.37. The van der Waals surface area contributed by atoms with Gasteiger partial charge in [0.2, 0.25) is 10.0 Å². The minimum atomic E-state index is -4.07. The van der Waals surface area contributed by atoms with Crippen LogP contribution in [0, 0.1) is 6.92 Å². The fourth-order valence-electron chi connectivity index (χ4n) is 4.81. The molecule has 0 radical (unpaired) electrons. The molecule has 0 saturated carbocycles. The molecule has 5 rings (SSSR count). The molecular weight excluding hydrogens is 542 g/mol. The molecule has 1 fully saturated rings. The second-order valence-corrected chi connectivity index (χ2v) is 11.9. The number of carboxylic acids is 1. The number of hydrogen-bond acceptors (Lipinski definition) is 6. The fraction of sp³-hybridized carbons (Fsp3) is 0.250. The van der Waals surface area contributed by atoms with Gasteiger partial charge in [-0.05, 0) is 61.9 Å². The van der Waals surface area contributed by atoms with Crippen LogP contribution in [0.2, 0.25) is 0 Å². The lowest BCUT2D eigenvalue weighted by atomic mass is 10.00. The first kappa shape index (κ1) is 27.4. The highest BCUT2D eigenvalue weighted by molar-refractivity contribution is 7.89. The molecule has 1 saturated heterocycles. The zero-order chi connectivity index (χ0) is 29.0. The average Bonchev–Trinajstić information content (AvgIpc) is 2.89. The smallest absolute Gasteiger partial charge is 0.337 e. The van der Waals surface area contributed by atoms with Crippen molar-refractivity contribution in [3.63, 3.8) is 0 Å². The maximum atomic E-state index is 13.4. The Hall–Kier alpha value is -4.16. The molecule has 12 heteroatoms. The Kier molecular flexibility index (Phi) is 6.71. The largest absolute Gasteiger partial charge is 0.478 e. The molecule has 208 valence electrons. The van der Waals surface area contributed by atoms with E-state index < -0.39 is 41.0 Å². The first-order valence-corrected chi connectivity index (χ1v) is 13.8. The van der Waals surface area contributed by atoms with Crippen LogP contribution in [0.1, 0.15) is 34.5 Å². The van der Waals surface area contributed by atoms with Crippen molar-refractivity contribution in [2.24, 2.45) is 7.05 Å². The van der Waals surface area contributed by atoms with Gasteiger partial charge >= 0.3 is 5.97 Å². The summed E-state index contributed by atoms with van der Waals surface area (Å²) in [5, 5.41) is 13.2. The molecule has 0 spiro atoms. The van der Waals surface area contributed by atoms with Crippen LogP contribution < -0.4 is 10.9 Å². The standard InChI is InChI=1S/C28H26F2N4O5S/c1-16-12-21(17(2)31-23-7-5-4-6-20(23)27(36)37)24-22(13-16)26(35)33(3)25(32-24)18-8-10-19(11-9-18)40(38,39)34-14-28(29,30)15-34/h4-13,17,31H,14-15H2,1-3H3,(H,36,37)/t17-/m1/s1. The molecule has 4 aromatic rings. The summed E-state index contributed by atoms with van der Waals surface area (Å²) in [5.41, 5.74) is 2.56. The van der Waals surface area contributed by atoms with Gasteiger partial charge in [-0.15, -0.1) is 0 Å². The van der Waals surface area contributed by atoms with Gasteiger partial charge in [-0.3, -0.25) is 9.36 Å². The molecule has 2 N–H and O–H groups in total. The van der Waals surface area contributed by atoms with Gasteiger partial charge in [0, 0.05) is 23.9 Å². The van der Waals surface area contributed by atoms with E-state index >= 15 is 0 Å². The summed E-state index contributed by atoms with van der Waals surface area (Å²) >= 11 is 0. The number of aromatic nitrogens is 2. The van der Waals surface area contributed by atoms with Gasteiger partial charge in [0.05, 0.1) is 40.5 Å². The van der Waals surface area contributed by atoms with Gasteiger partial charge in [0.15, 0.2) is 0 Å². The first-order chi connectivity index (χ1) is 18.8. The molecule has 0 amide bonds. The Morgan fingerprint density at radius 3 is 2.38 bits per heavy atom. The molecule has 1 aliphatic rings. The van der Waals surface area contributed by atoms with Gasteiger partial charge in [-0.25, -0.2) is 27.0 Å². The number of aromatic carboxylic acids is 1. The van der Waals surface area contributed by atoms with E-state index in [0.717, 1.165) is 9.87 Å². The minimum absolute atomic E-state index is 0.104. The number of carboxylic acid groups (broad SMARTS) is 1. The van der Waals surface area contributed by atoms with E-state index in [2.05, 4.69) is 5.32 Å². The van der Waals surface area contributed by atoms with Crippen molar-refractivity contribution < 1.29 is 27.1 Å². The fourth-order valence-corrected chi connectivity index (χ4v) is 6.31. The summed E-state index contributed by atoms with van der Waals surface area (Å²) in [6.45, 7) is 1.97. The molecule has 1 aliphatic heterocycles. The minimum Gasteiger partial charge on any atom is -0.478 e. The lowest BCUT2D eigenvalue weighted by molar-refractivity contribution is -0.0945. The van der Waals surface area contributed by atoms with Gasteiger partial charge in [-0.1, -0.05) is 18.2 Å². The van der Waals surface area contributed by atoms with Crippen LogP contribution in [0.25, 0.3) is 22.3 Å². The zero-order valence-electron chi connectivity index (χ0n) is 21.9. The van der Waals surface area contributed by atoms with Crippen molar-refractivity contribution in [2.75, 3.05) is 18.4 Å². The molecular formula is C28H26F2N4O5S. The summed E-state index contributed by atoms with van der Waals surface area (Å²) in [7, 11) is -2.51. The SMILES string of the molecule is Cc1cc([C@@H](C)Nc2ccccc2C(=O)O)c2nc(-c3ccc(S(=O)(=O)N4CC(F)(F)C4)cc3)n(C)c(=O)c2c1. The number of halogens is 2. The number of rotatable bonds is 7. The van der Waals surface area contributed by atoms with E-state index in [1.165, 1.54) is 34.9 Å². The second-order valence-electron chi connectivity index (χ2n) is 9.92. The topological polar surface area (TPSA) is 122 Å². The quantitative estimate of drug-likeness (QED) is 0.339. The zero-order valence-corrected chi connectivity index (χ0v) is 22.7. The monoisotopic (exact) mass is 568 g/mol. The van der Waals surface area contributed by atoms with Crippen LogP contribution in [0.3, 0.4) is 0 Å². The molecule has 2 heterocycles. The predicted octanol–water partition coefficient (Wildman–Crippen LogP) is 4.42. The number of nitrogens with one attached hydrogen (secondary N) is 1. The number of fused-ring (bicyclic) bond motifs is 1. The number of benzene rings is 3. The molecule has 1 aromatic heterocycles. The third-order valence-corrected chi connectivity index (χ3v) is 8.72. The Labute approximate surface area is 228 Å². The van der Waals surface area contributed by atoms with E-state index in [0.29, 0.717) is 27.7 Å². The normalized spacial score (nSPS) is 15.9. The third kappa shape index (κ3) is 4.84. The number of para-hydroxylation sites is 1. The van der Waals surface area contributed by atoms with Crippen LogP contribution >= 0.6 is 0 Å². The predicted molar refractivity (Wildman–Crippen MR) is 146 cm³/mol. The Morgan fingerprint density at radius 2 is 1.75 bits per heavy atom. The average molecular weight is 569 g/mol. The molecule has 9 nitrogen and oxygen atoms in total. The number of anilines is 1. The number of alkyl halides is 2. The molecule has 1 atom stereocenters. The third-order valence-electron chi connectivity index (χ3n) is 6.92. The number of nitrogens with zero attached hydrogens (tertiary/aromatic N) is 3. The van der Waals surface area contributed by atoms with E-state index in [9.17, 15) is 31.9 Å². The van der Waals surface area contributed by atoms with Crippen molar-refractivity contribution >= 4 is 32.6 Å². The maximum Gasteiger partial charge on any atom is 0.337 e. The second kappa shape index (κ2) is 9.79. The van der Waals surface area contributed by atoms with Crippen LogP contribution in [-0.2, 0) is 17.1 Å². The van der Waals surface area contributed by atoms with Gasteiger partial charge < -0.3 is 10.4 Å². The summed E-state index contributed by atoms with van der Waals surface area (Å²) < 4.78 is 54.0. The Morgan fingerprint density at radius 1 is 1.10 bits per heavy atom. The van der Waals surface area contributed by atoms with Crippen LogP contribution in [0.15, 0.2) is 70.4 Å². The highest BCUT2D eigenvalue weighted by Gasteiger charge is 2.49. The van der Waals surface area contributed by atoms with Crippen molar-refractivity contribution in [1.29, 1.82) is 0 Å². The van der Waals surface area contributed by atoms with E-state index in [-0.39, 0.29) is 21.8 Å². The Balaban J connectivity index is 1.56. The summed E-state index contributed by atoms with van der Waals surface area (Å²) in [6, 6.07) is 15.3. The molecule has 0 unspecified atom stereocenters. The maximum absolute atomic E-state index is 13.4. The van der Waals surface area contributed by atoms with Gasteiger partial charge in [0.25, 0.3) is 11.5 Å². The highest BCUT2D eigenvalue weighted by atomic mass is 32.2. The molecule has 40 heavy (non-hydrogen) atoms. The van der Waals surface area contributed by atoms with E-state index in [1.807, 2.05) is 19.9 Å². The number of carbonyl (C=O) groups is 1. The van der Waals surface area contributed by atoms with Crippen LogP contribution in [0.5, 0.6) is 0 Å². The van der Waals surface area contributed by atoms with Crippen LogP contribution in [-0.4, -0.2) is 52.4 Å². The summed E-state index contributed by atoms with van der Waals surface area (Å²) in [4.78, 5) is 29.8. The lowest BCUT2D eigenvalue weighted by Crippen LogP contribution is -2.58. The molecule has 3 aromatic carbocycles. The van der Waals surface area contributed by atoms with Gasteiger partial charge in [0.1, 0.15) is 5.82 Å². The van der Waals surface area contributed by atoms with Crippen LogP contribution in [0.4, 0.5) is 14.5 Å². The molecule has 0 aliphatic carbocycles. The van der Waals surface area contributed by atoms with Gasteiger partial charge in [-0.2, -0.15) is 4.31 Å². The number of aryl methyl sites for hydroxylation is 1. The Bertz CT molecular complexity index is 1810. The summed E-state index contributed by atoms with van der Waals surface area (Å²) in [5.74, 6) is -3.83. The molecule has 0 bridgehead atoms. The van der Waals surface area contributed by atoms with Crippen molar-refractivity contribution in [1.82, 2.24) is 13.9 Å².